The van der Waals surface area contributed by atoms with E-state index in [4.69, 9.17) is 9.15 Å². The lowest BCUT2D eigenvalue weighted by Crippen LogP contribution is -2.46. The summed E-state index contributed by atoms with van der Waals surface area (Å²) < 4.78 is 15.5. The fraction of sp³-hybridized carbons (Fsp3) is 0.312. The summed E-state index contributed by atoms with van der Waals surface area (Å²) in [5, 5.41) is 0. The van der Waals surface area contributed by atoms with Crippen LogP contribution in [0.15, 0.2) is 34.9 Å². The number of benzene rings is 1. The van der Waals surface area contributed by atoms with Gasteiger partial charge in [0, 0.05) is 6.92 Å². The Labute approximate surface area is 132 Å². The van der Waals surface area contributed by atoms with Gasteiger partial charge in [0.2, 0.25) is 0 Å². The number of carbonyl (C=O) groups excluding carboxylic acids is 2. The summed E-state index contributed by atoms with van der Waals surface area (Å²) in [7, 11) is 1.28. The number of nitrogens with zero attached hydrogens (tertiary/aromatic N) is 2. The van der Waals surface area contributed by atoms with Gasteiger partial charge in [0.05, 0.1) is 31.5 Å². The number of rotatable bonds is 4. The van der Waals surface area contributed by atoms with Gasteiger partial charge in [0.1, 0.15) is 12.0 Å². The van der Waals surface area contributed by atoms with E-state index >= 15 is 0 Å². The minimum Gasteiger partial charge on any atom is -0.478 e. The van der Waals surface area contributed by atoms with Crippen LogP contribution >= 0.6 is 0 Å². The molecular weight excluding hydrogens is 300 g/mol. The summed E-state index contributed by atoms with van der Waals surface area (Å²) in [6.07, 6.45) is 0.457. The van der Waals surface area contributed by atoms with Crippen molar-refractivity contribution in [1.29, 1.82) is 0 Å². The van der Waals surface area contributed by atoms with Crippen molar-refractivity contribution in [3.8, 4) is 5.75 Å². The standard InChI is InChI=1S/C16H16N2O5/c1-10-17-11(9-22-10)8-18-12-5-3-4-6-13(12)23-14(16(18)20)7-15(19)21-2/h3-6,9,14H,7-8H2,1-2H3/t14-/m0/s1. The molecule has 0 aliphatic carbocycles. The van der Waals surface area contributed by atoms with E-state index in [0.29, 0.717) is 23.0 Å². The van der Waals surface area contributed by atoms with E-state index < -0.39 is 12.1 Å². The molecule has 2 aromatic rings. The molecule has 0 spiro atoms. The second-order valence-electron chi connectivity index (χ2n) is 5.14. The maximum absolute atomic E-state index is 12.7. The van der Waals surface area contributed by atoms with Crippen LogP contribution < -0.4 is 9.64 Å². The number of aryl methyl sites for hydroxylation is 1. The number of esters is 1. The molecule has 0 saturated carbocycles. The Morgan fingerprint density at radius 1 is 1.39 bits per heavy atom. The molecule has 120 valence electrons. The first-order valence-electron chi connectivity index (χ1n) is 7.13. The molecule has 0 saturated heterocycles. The minimum absolute atomic E-state index is 0.141. The zero-order valence-electron chi connectivity index (χ0n) is 12.8. The molecule has 0 unspecified atom stereocenters. The summed E-state index contributed by atoms with van der Waals surface area (Å²) in [5.74, 6) is 0.260. The Morgan fingerprint density at radius 3 is 2.87 bits per heavy atom. The number of ether oxygens (including phenoxy) is 2. The third-order valence-corrected chi connectivity index (χ3v) is 3.53. The molecule has 7 heteroatoms. The van der Waals surface area contributed by atoms with Crippen molar-refractivity contribution in [3.05, 3.63) is 42.1 Å². The molecule has 1 aromatic carbocycles. The summed E-state index contributed by atoms with van der Waals surface area (Å²) in [4.78, 5) is 30.0. The molecule has 23 heavy (non-hydrogen) atoms. The first-order valence-corrected chi connectivity index (χ1v) is 7.13. The van der Waals surface area contributed by atoms with Crippen LogP contribution in [0.3, 0.4) is 0 Å². The first-order chi connectivity index (χ1) is 11.1. The second-order valence-corrected chi connectivity index (χ2v) is 5.14. The number of oxazole rings is 1. The lowest BCUT2D eigenvalue weighted by molar-refractivity contribution is -0.145. The lowest BCUT2D eigenvalue weighted by atomic mass is 10.1. The summed E-state index contributed by atoms with van der Waals surface area (Å²) in [5.41, 5.74) is 1.27. The third kappa shape index (κ3) is 3.03. The number of hydrogen-bond acceptors (Lipinski definition) is 6. The summed E-state index contributed by atoms with van der Waals surface area (Å²) >= 11 is 0. The van der Waals surface area contributed by atoms with Gasteiger partial charge in [-0.2, -0.15) is 0 Å². The third-order valence-electron chi connectivity index (χ3n) is 3.53. The van der Waals surface area contributed by atoms with Gasteiger partial charge in [-0.15, -0.1) is 0 Å². The van der Waals surface area contributed by atoms with Crippen LogP contribution in [0, 0.1) is 6.92 Å². The molecule has 1 aliphatic heterocycles. The SMILES string of the molecule is COC(=O)C[C@@H]1Oc2ccccc2N(Cc2coc(C)n2)C1=O. The van der Waals surface area contributed by atoms with Gasteiger partial charge in [-0.25, -0.2) is 4.98 Å². The van der Waals surface area contributed by atoms with Crippen LogP contribution in [0.5, 0.6) is 5.75 Å². The molecular formula is C16H16N2O5. The van der Waals surface area contributed by atoms with Gasteiger partial charge in [-0.1, -0.05) is 12.1 Å². The number of methoxy groups -OCH3 is 1. The average Bonchev–Trinajstić information content (AvgIpc) is 2.96. The predicted octanol–water partition coefficient (Wildman–Crippen LogP) is 1.84. The highest BCUT2D eigenvalue weighted by atomic mass is 16.5. The van der Waals surface area contributed by atoms with E-state index in [1.807, 2.05) is 12.1 Å². The molecule has 3 rings (SSSR count). The van der Waals surface area contributed by atoms with E-state index in [1.54, 1.807) is 24.0 Å². The zero-order chi connectivity index (χ0) is 16.4. The van der Waals surface area contributed by atoms with Crippen molar-refractivity contribution < 1.29 is 23.5 Å². The largest absolute Gasteiger partial charge is 0.478 e. The topological polar surface area (TPSA) is 81.9 Å². The molecule has 0 bridgehead atoms. The van der Waals surface area contributed by atoms with E-state index in [1.165, 1.54) is 13.4 Å². The van der Waals surface area contributed by atoms with Crippen molar-refractivity contribution in [3.63, 3.8) is 0 Å². The molecule has 1 amide bonds. The Balaban J connectivity index is 1.91. The number of fused-ring (bicyclic) bond motifs is 1. The van der Waals surface area contributed by atoms with Gasteiger partial charge in [-0.3, -0.25) is 14.5 Å². The molecule has 0 radical (unpaired) electrons. The molecule has 1 atom stereocenters. The van der Waals surface area contributed by atoms with Crippen LogP contribution in [0.2, 0.25) is 0 Å². The second kappa shape index (κ2) is 6.12. The number of hydrogen-bond donors (Lipinski definition) is 0. The molecule has 0 N–H and O–H groups in total. The van der Waals surface area contributed by atoms with Gasteiger partial charge in [0.15, 0.2) is 12.0 Å². The first kappa shape index (κ1) is 15.1. The summed E-state index contributed by atoms with van der Waals surface area (Å²) in [6.45, 7) is 1.98. The van der Waals surface area contributed by atoms with Gasteiger partial charge in [-0.05, 0) is 12.1 Å². The van der Waals surface area contributed by atoms with Crippen molar-refractivity contribution in [2.24, 2.45) is 0 Å². The Hall–Kier alpha value is -2.83. The van der Waals surface area contributed by atoms with E-state index in [0.717, 1.165) is 0 Å². The van der Waals surface area contributed by atoms with E-state index in [-0.39, 0.29) is 18.9 Å². The molecule has 7 nitrogen and oxygen atoms in total. The van der Waals surface area contributed by atoms with Crippen molar-refractivity contribution in [2.45, 2.75) is 26.0 Å². The number of amides is 1. The Bertz CT molecular complexity index is 740. The highest BCUT2D eigenvalue weighted by Crippen LogP contribution is 2.35. The summed E-state index contributed by atoms with van der Waals surface area (Å²) in [6, 6.07) is 7.17. The predicted molar refractivity (Wildman–Crippen MR) is 79.9 cm³/mol. The maximum atomic E-state index is 12.7. The van der Waals surface area contributed by atoms with Gasteiger partial charge >= 0.3 is 5.97 Å². The quantitative estimate of drug-likeness (QED) is 0.801. The fourth-order valence-electron chi connectivity index (χ4n) is 2.45. The van der Waals surface area contributed by atoms with Crippen LogP contribution in [0.1, 0.15) is 18.0 Å². The van der Waals surface area contributed by atoms with Crippen LogP contribution in [-0.4, -0.2) is 30.1 Å². The number of anilines is 1. The average molecular weight is 316 g/mol. The Morgan fingerprint density at radius 2 is 2.17 bits per heavy atom. The smallest absolute Gasteiger partial charge is 0.309 e. The van der Waals surface area contributed by atoms with Crippen LogP contribution in [0.4, 0.5) is 5.69 Å². The normalized spacial score (nSPS) is 16.7. The number of para-hydroxylation sites is 2. The van der Waals surface area contributed by atoms with E-state index in [2.05, 4.69) is 9.72 Å². The molecule has 2 heterocycles. The van der Waals surface area contributed by atoms with E-state index in [9.17, 15) is 9.59 Å². The maximum Gasteiger partial charge on any atom is 0.309 e. The highest BCUT2D eigenvalue weighted by molar-refractivity contribution is 6.01. The van der Waals surface area contributed by atoms with Crippen LogP contribution in [0.25, 0.3) is 0 Å². The van der Waals surface area contributed by atoms with Crippen molar-refractivity contribution in [1.82, 2.24) is 4.98 Å². The zero-order valence-corrected chi connectivity index (χ0v) is 12.8. The van der Waals surface area contributed by atoms with Crippen LogP contribution in [-0.2, 0) is 20.9 Å². The van der Waals surface area contributed by atoms with Crippen molar-refractivity contribution in [2.75, 3.05) is 12.0 Å². The number of aromatic nitrogens is 1. The molecule has 0 fully saturated rings. The minimum atomic E-state index is -0.912. The van der Waals surface area contributed by atoms with Crippen molar-refractivity contribution >= 4 is 17.6 Å². The van der Waals surface area contributed by atoms with Gasteiger partial charge < -0.3 is 13.9 Å². The molecule has 1 aliphatic rings. The Kier molecular flexibility index (Phi) is 4.01. The monoisotopic (exact) mass is 316 g/mol. The lowest BCUT2D eigenvalue weighted by Gasteiger charge is -2.33. The number of carbonyl (C=O) groups is 2. The molecule has 1 aromatic heterocycles. The van der Waals surface area contributed by atoms with Gasteiger partial charge in [0.25, 0.3) is 5.91 Å². The fourth-order valence-corrected chi connectivity index (χ4v) is 2.45. The highest BCUT2D eigenvalue weighted by Gasteiger charge is 2.36.